The second-order valence-corrected chi connectivity index (χ2v) is 3.58. The fourth-order valence-corrected chi connectivity index (χ4v) is 0.924. The van der Waals surface area contributed by atoms with E-state index in [0.29, 0.717) is 6.61 Å². The van der Waals surface area contributed by atoms with Crippen molar-refractivity contribution in [3.05, 3.63) is 11.8 Å². The molecule has 0 aromatic rings. The molecule has 0 radical (unpaired) electrons. The zero-order valence-electron chi connectivity index (χ0n) is 8.78. The SMILES string of the molecule is CC1(C)OC=C(COC(=O)CC#N)CO1. The van der Waals surface area contributed by atoms with Gasteiger partial charge in [-0.3, -0.25) is 4.79 Å². The van der Waals surface area contributed by atoms with Crippen molar-refractivity contribution >= 4 is 5.97 Å². The van der Waals surface area contributed by atoms with Crippen molar-refractivity contribution in [1.29, 1.82) is 5.26 Å². The molecular formula is C10H13NO4. The van der Waals surface area contributed by atoms with Crippen LogP contribution in [0.2, 0.25) is 0 Å². The van der Waals surface area contributed by atoms with E-state index in [2.05, 4.69) is 0 Å². The molecule has 1 aliphatic heterocycles. The van der Waals surface area contributed by atoms with E-state index in [4.69, 9.17) is 19.5 Å². The van der Waals surface area contributed by atoms with Crippen LogP contribution in [0.1, 0.15) is 20.3 Å². The second-order valence-electron chi connectivity index (χ2n) is 3.58. The molecule has 0 N–H and O–H groups in total. The third kappa shape index (κ3) is 4.00. The third-order valence-electron chi connectivity index (χ3n) is 1.76. The van der Waals surface area contributed by atoms with Gasteiger partial charge >= 0.3 is 5.97 Å². The standard InChI is InChI=1S/C10H13NO4/c1-10(2)14-6-8(7-15-10)5-13-9(12)3-4-11/h6H,3,5,7H2,1-2H3. The highest BCUT2D eigenvalue weighted by atomic mass is 16.7. The van der Waals surface area contributed by atoms with E-state index < -0.39 is 11.8 Å². The van der Waals surface area contributed by atoms with Crippen molar-refractivity contribution in [2.45, 2.75) is 26.1 Å². The van der Waals surface area contributed by atoms with E-state index in [9.17, 15) is 4.79 Å². The average Bonchev–Trinajstić information content (AvgIpc) is 2.17. The number of nitriles is 1. The predicted molar refractivity (Wildman–Crippen MR) is 50.4 cm³/mol. The van der Waals surface area contributed by atoms with E-state index >= 15 is 0 Å². The van der Waals surface area contributed by atoms with Gasteiger partial charge in [-0.05, 0) is 0 Å². The van der Waals surface area contributed by atoms with Gasteiger partial charge < -0.3 is 14.2 Å². The van der Waals surface area contributed by atoms with Gasteiger partial charge in [-0.1, -0.05) is 0 Å². The molecule has 0 atom stereocenters. The van der Waals surface area contributed by atoms with Crippen molar-refractivity contribution in [1.82, 2.24) is 0 Å². The molecule has 0 amide bonds. The maximum Gasteiger partial charge on any atom is 0.320 e. The zero-order valence-corrected chi connectivity index (χ0v) is 8.78. The van der Waals surface area contributed by atoms with Crippen molar-refractivity contribution in [2.24, 2.45) is 0 Å². The number of carbonyl (C=O) groups excluding carboxylic acids is 1. The highest BCUT2D eigenvalue weighted by molar-refractivity contribution is 5.71. The third-order valence-corrected chi connectivity index (χ3v) is 1.76. The minimum atomic E-state index is -0.625. The lowest BCUT2D eigenvalue weighted by Gasteiger charge is -2.29. The van der Waals surface area contributed by atoms with Gasteiger partial charge in [-0.25, -0.2) is 0 Å². The van der Waals surface area contributed by atoms with E-state index in [1.54, 1.807) is 19.9 Å². The first-order valence-corrected chi connectivity index (χ1v) is 4.56. The highest BCUT2D eigenvalue weighted by Gasteiger charge is 2.23. The van der Waals surface area contributed by atoms with E-state index in [0.717, 1.165) is 5.57 Å². The molecule has 0 unspecified atom stereocenters. The quantitative estimate of drug-likeness (QED) is 0.654. The molecule has 0 aromatic carbocycles. The van der Waals surface area contributed by atoms with Crippen LogP contribution >= 0.6 is 0 Å². The summed E-state index contributed by atoms with van der Waals surface area (Å²) in [5.74, 6) is -1.16. The minimum absolute atomic E-state index is 0.108. The Hall–Kier alpha value is -1.54. The number of hydrogen-bond acceptors (Lipinski definition) is 5. The fourth-order valence-electron chi connectivity index (χ4n) is 0.924. The summed E-state index contributed by atoms with van der Waals surface area (Å²) >= 11 is 0. The number of hydrogen-bond donors (Lipinski definition) is 0. The molecule has 0 aliphatic carbocycles. The number of nitrogens with zero attached hydrogens (tertiary/aromatic N) is 1. The Morgan fingerprint density at radius 2 is 2.47 bits per heavy atom. The fraction of sp³-hybridized carbons (Fsp3) is 0.600. The molecule has 82 valence electrons. The highest BCUT2D eigenvalue weighted by Crippen LogP contribution is 2.19. The van der Waals surface area contributed by atoms with Gasteiger partial charge in [0, 0.05) is 19.4 Å². The lowest BCUT2D eigenvalue weighted by Crippen LogP contribution is -2.31. The Morgan fingerprint density at radius 3 is 3.00 bits per heavy atom. The zero-order chi connectivity index (χ0) is 11.3. The Kier molecular flexibility index (Phi) is 3.69. The second kappa shape index (κ2) is 4.80. The topological polar surface area (TPSA) is 68.5 Å². The Labute approximate surface area is 88.2 Å². The summed E-state index contributed by atoms with van der Waals surface area (Å²) < 4.78 is 15.4. The van der Waals surface area contributed by atoms with Crippen molar-refractivity contribution in [3.8, 4) is 6.07 Å². The molecule has 5 heteroatoms. The van der Waals surface area contributed by atoms with Gasteiger partial charge in [-0.2, -0.15) is 5.26 Å². The van der Waals surface area contributed by atoms with Gasteiger partial charge in [0.1, 0.15) is 13.0 Å². The van der Waals surface area contributed by atoms with Gasteiger partial charge in [0.25, 0.3) is 0 Å². The molecule has 0 bridgehead atoms. The van der Waals surface area contributed by atoms with E-state index in [1.807, 2.05) is 0 Å². The van der Waals surface area contributed by atoms with E-state index in [-0.39, 0.29) is 13.0 Å². The molecule has 0 saturated heterocycles. The van der Waals surface area contributed by atoms with E-state index in [1.165, 1.54) is 6.26 Å². The number of esters is 1. The summed E-state index contributed by atoms with van der Waals surface area (Å²) in [5, 5.41) is 8.23. The van der Waals surface area contributed by atoms with Crippen molar-refractivity contribution in [2.75, 3.05) is 13.2 Å². The first-order valence-electron chi connectivity index (χ1n) is 4.56. The maximum absolute atomic E-state index is 10.9. The smallest absolute Gasteiger partial charge is 0.320 e. The summed E-state index contributed by atoms with van der Waals surface area (Å²) in [6.45, 7) is 4.06. The molecule has 5 nitrogen and oxygen atoms in total. The van der Waals surface area contributed by atoms with Gasteiger partial charge in [0.2, 0.25) is 5.79 Å². The Balaban J connectivity index is 2.33. The Morgan fingerprint density at radius 1 is 1.73 bits per heavy atom. The van der Waals surface area contributed by atoms with Crippen LogP contribution in [0.3, 0.4) is 0 Å². The van der Waals surface area contributed by atoms with Gasteiger partial charge in [0.05, 0.1) is 18.9 Å². The molecule has 1 heterocycles. The van der Waals surface area contributed by atoms with Crippen molar-refractivity contribution < 1.29 is 19.0 Å². The van der Waals surface area contributed by atoms with Gasteiger partial charge in [0.15, 0.2) is 0 Å². The lowest BCUT2D eigenvalue weighted by molar-refractivity contribution is -0.191. The summed E-state index contributed by atoms with van der Waals surface area (Å²) in [4.78, 5) is 10.9. The summed E-state index contributed by atoms with van der Waals surface area (Å²) in [7, 11) is 0. The van der Waals surface area contributed by atoms with Crippen LogP contribution in [-0.2, 0) is 19.0 Å². The van der Waals surface area contributed by atoms with Gasteiger partial charge in [-0.15, -0.1) is 0 Å². The number of ether oxygens (including phenoxy) is 3. The molecule has 0 spiro atoms. The molecular weight excluding hydrogens is 198 g/mol. The van der Waals surface area contributed by atoms with Crippen LogP contribution < -0.4 is 0 Å². The van der Waals surface area contributed by atoms with Crippen LogP contribution in [0.4, 0.5) is 0 Å². The maximum atomic E-state index is 10.9. The summed E-state index contributed by atoms with van der Waals surface area (Å²) in [6.07, 6.45) is 1.30. The molecule has 0 fully saturated rings. The van der Waals surface area contributed by atoms with Crippen LogP contribution in [0.5, 0.6) is 0 Å². The van der Waals surface area contributed by atoms with Crippen LogP contribution in [0, 0.1) is 11.3 Å². The Bertz CT molecular complexity index is 314. The molecule has 0 saturated carbocycles. The molecule has 1 aliphatic rings. The van der Waals surface area contributed by atoms with Crippen LogP contribution in [0.25, 0.3) is 0 Å². The summed E-state index contributed by atoms with van der Waals surface area (Å²) in [6, 6.07) is 1.71. The number of rotatable bonds is 3. The van der Waals surface area contributed by atoms with Crippen LogP contribution in [-0.4, -0.2) is 25.0 Å². The van der Waals surface area contributed by atoms with Crippen LogP contribution in [0.15, 0.2) is 11.8 Å². The molecule has 15 heavy (non-hydrogen) atoms. The van der Waals surface area contributed by atoms with Crippen molar-refractivity contribution in [3.63, 3.8) is 0 Å². The monoisotopic (exact) mass is 211 g/mol. The lowest BCUT2D eigenvalue weighted by atomic mass is 10.3. The normalized spacial score (nSPS) is 18.3. The predicted octanol–water partition coefficient (Wildman–Crippen LogP) is 1.11. The first-order chi connectivity index (χ1) is 7.03. The minimum Gasteiger partial charge on any atom is -0.470 e. The largest absolute Gasteiger partial charge is 0.470 e. The summed E-state index contributed by atoms with van der Waals surface area (Å²) in [5.41, 5.74) is 0.737. The molecule has 0 aromatic heterocycles. The number of carbonyl (C=O) groups is 1. The molecule has 1 rings (SSSR count). The first kappa shape index (κ1) is 11.5. The average molecular weight is 211 g/mol.